The van der Waals surface area contributed by atoms with Crippen LogP contribution in [0.2, 0.25) is 5.02 Å². The minimum atomic E-state index is -4.75. The second kappa shape index (κ2) is 11.1. The maximum atomic E-state index is 13.6. The van der Waals surface area contributed by atoms with Crippen molar-refractivity contribution < 1.29 is 26.3 Å². The Labute approximate surface area is 235 Å². The van der Waals surface area contributed by atoms with Gasteiger partial charge in [-0.1, -0.05) is 35.9 Å². The topological polar surface area (TPSA) is 73.1 Å². The van der Waals surface area contributed by atoms with E-state index in [0.29, 0.717) is 5.56 Å². The Bertz CT molecular complexity index is 1580. The summed E-state index contributed by atoms with van der Waals surface area (Å²) in [5.74, 6) is 6.49. The van der Waals surface area contributed by atoms with Gasteiger partial charge >= 0.3 is 12.4 Å². The summed E-state index contributed by atoms with van der Waals surface area (Å²) >= 11 is 7.30. The SMILES string of the molecule is CSc1cccc(-c2ccc(-n3cc(C(F)(F)F)nc3C)c(N(N)/C(=C\N)c3ccc(Cl)c(C(F)(F)F)c3)c2)c1. The van der Waals surface area contributed by atoms with Gasteiger partial charge in [0.15, 0.2) is 5.69 Å². The summed E-state index contributed by atoms with van der Waals surface area (Å²) in [4.78, 5) is 4.60. The van der Waals surface area contributed by atoms with Gasteiger partial charge in [-0.2, -0.15) is 26.3 Å². The van der Waals surface area contributed by atoms with Crippen LogP contribution in [0.5, 0.6) is 0 Å². The van der Waals surface area contributed by atoms with E-state index in [4.69, 9.17) is 23.2 Å². The Morgan fingerprint density at radius 1 is 0.975 bits per heavy atom. The summed E-state index contributed by atoms with van der Waals surface area (Å²) in [6, 6.07) is 15.6. The van der Waals surface area contributed by atoms with E-state index in [1.807, 2.05) is 30.5 Å². The summed E-state index contributed by atoms with van der Waals surface area (Å²) in [5, 5.41) is 0.508. The quantitative estimate of drug-likeness (QED) is 0.102. The summed E-state index contributed by atoms with van der Waals surface area (Å²) in [5.41, 5.74) is 5.36. The predicted octanol–water partition coefficient (Wildman–Crippen LogP) is 7.90. The van der Waals surface area contributed by atoms with E-state index in [0.717, 1.165) is 40.0 Å². The largest absolute Gasteiger partial charge is 0.434 e. The molecule has 0 fully saturated rings. The first-order valence-electron chi connectivity index (χ1n) is 11.5. The number of rotatable bonds is 6. The number of benzene rings is 3. The fraction of sp³-hybridized carbons (Fsp3) is 0.148. The Morgan fingerprint density at radius 2 is 1.68 bits per heavy atom. The van der Waals surface area contributed by atoms with Crippen molar-refractivity contribution in [3.8, 4) is 16.8 Å². The monoisotopic (exact) mass is 597 g/mol. The van der Waals surface area contributed by atoms with Gasteiger partial charge in [0, 0.05) is 22.9 Å². The number of aryl methyl sites for hydroxylation is 1. The molecule has 1 heterocycles. The molecule has 13 heteroatoms. The zero-order chi connectivity index (χ0) is 29.4. The lowest BCUT2D eigenvalue weighted by molar-refractivity contribution is -0.141. The first-order valence-corrected chi connectivity index (χ1v) is 13.1. The number of anilines is 1. The molecule has 0 spiro atoms. The molecule has 0 atom stereocenters. The fourth-order valence-electron chi connectivity index (χ4n) is 4.10. The van der Waals surface area contributed by atoms with Crippen molar-refractivity contribution in [1.82, 2.24) is 9.55 Å². The molecule has 4 rings (SSSR count). The van der Waals surface area contributed by atoms with Crippen molar-refractivity contribution >= 4 is 34.7 Å². The minimum Gasteiger partial charge on any atom is -0.403 e. The Hall–Kier alpha value is -3.61. The van der Waals surface area contributed by atoms with Gasteiger partial charge in [-0.3, -0.25) is 5.01 Å². The van der Waals surface area contributed by atoms with Crippen LogP contribution in [0, 0.1) is 6.92 Å². The van der Waals surface area contributed by atoms with E-state index >= 15 is 0 Å². The average molecular weight is 598 g/mol. The van der Waals surface area contributed by atoms with E-state index in [2.05, 4.69) is 4.98 Å². The number of alkyl halides is 6. The summed E-state index contributed by atoms with van der Waals surface area (Å²) in [6.45, 7) is 1.39. The number of thioether (sulfide) groups is 1. The van der Waals surface area contributed by atoms with Crippen molar-refractivity contribution in [1.29, 1.82) is 0 Å². The van der Waals surface area contributed by atoms with Crippen LogP contribution in [0.4, 0.5) is 32.0 Å². The summed E-state index contributed by atoms with van der Waals surface area (Å²) in [6.07, 6.45) is -5.70. The van der Waals surface area contributed by atoms with Gasteiger partial charge in [0.05, 0.1) is 27.7 Å². The van der Waals surface area contributed by atoms with Gasteiger partial charge in [0.1, 0.15) is 5.82 Å². The van der Waals surface area contributed by atoms with Crippen molar-refractivity contribution in [3.63, 3.8) is 0 Å². The van der Waals surface area contributed by atoms with Crippen LogP contribution < -0.4 is 16.6 Å². The Kier molecular flexibility index (Phi) is 8.16. The van der Waals surface area contributed by atoms with Crippen LogP contribution in [0.3, 0.4) is 0 Å². The normalized spacial score (nSPS) is 12.6. The molecule has 210 valence electrons. The molecular formula is C27H22ClF6N5S. The summed E-state index contributed by atoms with van der Waals surface area (Å²) in [7, 11) is 0. The number of hydrazine groups is 1. The second-order valence-electron chi connectivity index (χ2n) is 8.59. The van der Waals surface area contributed by atoms with E-state index in [1.54, 1.807) is 18.2 Å². The molecule has 0 saturated carbocycles. The number of hydrogen-bond donors (Lipinski definition) is 2. The van der Waals surface area contributed by atoms with Crippen molar-refractivity contribution in [2.75, 3.05) is 11.3 Å². The standard InChI is InChI=1S/C27H22ClF6N5S/c1-15-37-25(27(32,33)34)14-38(15)22-9-7-17(16-4-3-5-19(10-16)40-2)12-23(22)39(36)24(13-35)18-6-8-21(28)20(11-18)26(29,30)31/h3-14H,35-36H2,1-2H3/b24-13-. The lowest BCUT2D eigenvalue weighted by Gasteiger charge is -2.26. The molecule has 0 aliphatic rings. The maximum Gasteiger partial charge on any atom is 0.434 e. The lowest BCUT2D eigenvalue weighted by atomic mass is 10.0. The number of imidazole rings is 1. The highest BCUT2D eigenvalue weighted by Gasteiger charge is 2.35. The molecular weight excluding hydrogens is 576 g/mol. The van der Waals surface area contributed by atoms with Crippen LogP contribution in [-0.4, -0.2) is 15.8 Å². The second-order valence-corrected chi connectivity index (χ2v) is 9.88. The highest BCUT2D eigenvalue weighted by molar-refractivity contribution is 7.98. The molecule has 0 aliphatic carbocycles. The summed E-state index contributed by atoms with van der Waals surface area (Å²) < 4.78 is 82.2. The first-order chi connectivity index (χ1) is 18.7. The van der Waals surface area contributed by atoms with Gasteiger partial charge in [-0.05, 0) is 60.7 Å². The zero-order valence-corrected chi connectivity index (χ0v) is 22.6. The smallest absolute Gasteiger partial charge is 0.403 e. The molecule has 1 aromatic heterocycles. The van der Waals surface area contributed by atoms with Gasteiger partial charge in [0.2, 0.25) is 0 Å². The fourth-order valence-corrected chi connectivity index (χ4v) is 4.79. The van der Waals surface area contributed by atoms with Gasteiger partial charge in [-0.15, -0.1) is 11.8 Å². The van der Waals surface area contributed by atoms with Crippen LogP contribution in [0.15, 0.2) is 78.0 Å². The number of nitrogens with zero attached hydrogens (tertiary/aromatic N) is 3. The molecule has 4 aromatic rings. The van der Waals surface area contributed by atoms with Gasteiger partial charge in [-0.25, -0.2) is 10.8 Å². The number of nitrogens with two attached hydrogens (primary N) is 2. The van der Waals surface area contributed by atoms with Gasteiger partial charge in [0.25, 0.3) is 0 Å². The molecule has 0 bridgehead atoms. The molecule has 40 heavy (non-hydrogen) atoms. The third kappa shape index (κ3) is 5.93. The molecule has 3 aromatic carbocycles. The molecule has 0 unspecified atom stereocenters. The van der Waals surface area contributed by atoms with Crippen LogP contribution in [0.25, 0.3) is 22.5 Å². The molecule has 4 N–H and O–H groups in total. The average Bonchev–Trinajstić information content (AvgIpc) is 3.31. The first kappa shape index (κ1) is 29.4. The zero-order valence-electron chi connectivity index (χ0n) is 21.0. The van der Waals surface area contributed by atoms with Crippen LogP contribution >= 0.6 is 23.4 Å². The third-order valence-corrected chi connectivity index (χ3v) is 7.11. The number of halogens is 7. The van der Waals surface area contributed by atoms with E-state index < -0.39 is 28.6 Å². The highest BCUT2D eigenvalue weighted by atomic mass is 35.5. The molecule has 0 saturated heterocycles. The minimum absolute atomic E-state index is 0.0132. The highest BCUT2D eigenvalue weighted by Crippen LogP contribution is 2.39. The molecule has 5 nitrogen and oxygen atoms in total. The van der Waals surface area contributed by atoms with Crippen LogP contribution in [0.1, 0.15) is 22.6 Å². The van der Waals surface area contributed by atoms with Crippen molar-refractivity contribution in [2.45, 2.75) is 24.2 Å². The third-order valence-electron chi connectivity index (χ3n) is 6.06. The molecule has 0 radical (unpaired) electrons. The van der Waals surface area contributed by atoms with Crippen LogP contribution in [-0.2, 0) is 12.4 Å². The number of aromatic nitrogens is 2. The predicted molar refractivity (Wildman–Crippen MR) is 146 cm³/mol. The molecule has 0 aliphatic heterocycles. The van der Waals surface area contributed by atoms with E-state index in [-0.39, 0.29) is 28.5 Å². The van der Waals surface area contributed by atoms with Crippen molar-refractivity contribution in [3.05, 3.63) is 101 Å². The Morgan fingerprint density at radius 3 is 2.27 bits per heavy atom. The maximum absolute atomic E-state index is 13.6. The number of hydrogen-bond acceptors (Lipinski definition) is 5. The van der Waals surface area contributed by atoms with Crippen molar-refractivity contribution in [2.24, 2.45) is 11.6 Å². The van der Waals surface area contributed by atoms with E-state index in [1.165, 1.54) is 29.3 Å². The lowest BCUT2D eigenvalue weighted by Crippen LogP contribution is -2.31. The Balaban J connectivity index is 1.92. The molecule has 0 amide bonds. The van der Waals surface area contributed by atoms with Gasteiger partial charge < -0.3 is 10.3 Å². The van der Waals surface area contributed by atoms with E-state index in [9.17, 15) is 26.3 Å².